The average Bonchev–Trinajstić information content (AvgIpc) is 2.41. The van der Waals surface area contributed by atoms with Crippen LogP contribution >= 0.6 is 0 Å². The Morgan fingerprint density at radius 3 is 2.44 bits per heavy atom. The van der Waals surface area contributed by atoms with Gasteiger partial charge in [0.15, 0.2) is 0 Å². The molecular weight excluding hydrogens is 222 g/mol. The van der Waals surface area contributed by atoms with Crippen molar-refractivity contribution in [2.45, 2.75) is 31.6 Å². The quantitative estimate of drug-likeness (QED) is 0.745. The second-order valence-electron chi connectivity index (χ2n) is 5.10. The molecule has 1 aromatic carbocycles. The summed E-state index contributed by atoms with van der Waals surface area (Å²) in [5.74, 6) is 0.107. The molecule has 2 nitrogen and oxygen atoms in total. The fourth-order valence-electron chi connectivity index (χ4n) is 2.54. The zero-order chi connectivity index (χ0) is 13.0. The van der Waals surface area contributed by atoms with Crippen LogP contribution in [-0.4, -0.2) is 24.9 Å². The molecule has 0 saturated heterocycles. The van der Waals surface area contributed by atoms with Gasteiger partial charge in [-0.3, -0.25) is 4.79 Å². The Kier molecular flexibility index (Phi) is 4.19. The van der Waals surface area contributed by atoms with E-state index in [0.29, 0.717) is 0 Å². The standard InChI is InChI=1S/C16H21NO/c1-17(2)16(18)15(13-9-5-3-6-10-13)14-11-7-4-8-12-14/h3,5-6,9-11,15H,4,7-8,12H2,1-2H3. The summed E-state index contributed by atoms with van der Waals surface area (Å²) in [6, 6.07) is 10.1. The summed E-state index contributed by atoms with van der Waals surface area (Å²) < 4.78 is 0. The van der Waals surface area contributed by atoms with Crippen molar-refractivity contribution in [3.8, 4) is 0 Å². The maximum atomic E-state index is 12.4. The van der Waals surface area contributed by atoms with Crippen LogP contribution in [0.2, 0.25) is 0 Å². The third-order valence-electron chi connectivity index (χ3n) is 3.52. The molecule has 0 radical (unpaired) electrons. The predicted octanol–water partition coefficient (Wildman–Crippen LogP) is 3.36. The van der Waals surface area contributed by atoms with E-state index in [-0.39, 0.29) is 11.8 Å². The van der Waals surface area contributed by atoms with Crippen molar-refractivity contribution >= 4 is 5.91 Å². The highest BCUT2D eigenvalue weighted by molar-refractivity contribution is 5.86. The second-order valence-corrected chi connectivity index (χ2v) is 5.10. The highest BCUT2D eigenvalue weighted by atomic mass is 16.2. The molecule has 0 fully saturated rings. The molecule has 1 amide bonds. The fourth-order valence-corrected chi connectivity index (χ4v) is 2.54. The number of allylic oxidation sites excluding steroid dienone is 1. The van der Waals surface area contributed by atoms with Crippen molar-refractivity contribution in [3.63, 3.8) is 0 Å². The van der Waals surface area contributed by atoms with E-state index in [1.165, 1.54) is 18.4 Å². The van der Waals surface area contributed by atoms with Crippen LogP contribution in [0, 0.1) is 0 Å². The Labute approximate surface area is 109 Å². The van der Waals surface area contributed by atoms with Gasteiger partial charge in [0.2, 0.25) is 5.91 Å². The van der Waals surface area contributed by atoms with E-state index in [0.717, 1.165) is 18.4 Å². The number of likely N-dealkylation sites (N-methyl/N-ethyl adjacent to an activating group) is 1. The molecule has 2 rings (SSSR count). The predicted molar refractivity (Wildman–Crippen MR) is 74.4 cm³/mol. The van der Waals surface area contributed by atoms with Crippen LogP contribution in [0.3, 0.4) is 0 Å². The van der Waals surface area contributed by atoms with Crippen molar-refractivity contribution in [1.29, 1.82) is 0 Å². The molecule has 1 atom stereocenters. The topological polar surface area (TPSA) is 20.3 Å². The number of hydrogen-bond donors (Lipinski definition) is 0. The van der Waals surface area contributed by atoms with E-state index in [1.54, 1.807) is 4.90 Å². The third kappa shape index (κ3) is 2.81. The number of amides is 1. The van der Waals surface area contributed by atoms with Crippen molar-refractivity contribution < 1.29 is 4.79 Å². The normalized spacial score (nSPS) is 16.9. The zero-order valence-electron chi connectivity index (χ0n) is 11.2. The van der Waals surface area contributed by atoms with Crippen LogP contribution in [0.25, 0.3) is 0 Å². The molecule has 0 aliphatic heterocycles. The van der Waals surface area contributed by atoms with Gasteiger partial charge in [-0.15, -0.1) is 0 Å². The molecule has 1 aliphatic carbocycles. The largest absolute Gasteiger partial charge is 0.348 e. The molecule has 1 unspecified atom stereocenters. The second kappa shape index (κ2) is 5.85. The summed E-state index contributed by atoms with van der Waals surface area (Å²) in [5.41, 5.74) is 2.41. The Morgan fingerprint density at radius 2 is 1.89 bits per heavy atom. The molecule has 96 valence electrons. The molecule has 0 spiro atoms. The SMILES string of the molecule is CN(C)C(=O)C(C1=CCCCC1)c1ccccc1. The summed E-state index contributed by atoms with van der Waals surface area (Å²) in [7, 11) is 3.67. The van der Waals surface area contributed by atoms with E-state index in [4.69, 9.17) is 0 Å². The highest BCUT2D eigenvalue weighted by Gasteiger charge is 2.26. The van der Waals surface area contributed by atoms with Gasteiger partial charge in [-0.1, -0.05) is 42.0 Å². The van der Waals surface area contributed by atoms with E-state index in [9.17, 15) is 4.79 Å². The number of carbonyl (C=O) groups is 1. The summed E-state index contributed by atoms with van der Waals surface area (Å²) in [6.07, 6.45) is 6.89. The molecule has 2 heteroatoms. The van der Waals surface area contributed by atoms with Gasteiger partial charge in [0.1, 0.15) is 0 Å². The first-order valence-electron chi connectivity index (χ1n) is 6.65. The molecule has 1 aromatic rings. The monoisotopic (exact) mass is 243 g/mol. The van der Waals surface area contributed by atoms with Crippen LogP contribution in [0.4, 0.5) is 0 Å². The van der Waals surface area contributed by atoms with Gasteiger partial charge in [0.05, 0.1) is 5.92 Å². The summed E-state index contributed by atoms with van der Waals surface area (Å²) >= 11 is 0. The van der Waals surface area contributed by atoms with Crippen LogP contribution in [0.15, 0.2) is 42.0 Å². The lowest BCUT2D eigenvalue weighted by atomic mass is 9.84. The average molecular weight is 243 g/mol. The molecule has 0 saturated carbocycles. The number of rotatable bonds is 3. The molecule has 0 heterocycles. The smallest absolute Gasteiger partial charge is 0.233 e. The molecule has 0 aromatic heterocycles. The van der Waals surface area contributed by atoms with Gasteiger partial charge < -0.3 is 4.90 Å². The lowest BCUT2D eigenvalue weighted by Crippen LogP contribution is -2.29. The zero-order valence-corrected chi connectivity index (χ0v) is 11.2. The van der Waals surface area contributed by atoms with Crippen LogP contribution in [0.1, 0.15) is 37.2 Å². The van der Waals surface area contributed by atoms with Gasteiger partial charge in [0, 0.05) is 14.1 Å². The first-order chi connectivity index (χ1) is 8.70. The lowest BCUT2D eigenvalue weighted by molar-refractivity contribution is -0.129. The van der Waals surface area contributed by atoms with Gasteiger partial charge >= 0.3 is 0 Å². The number of benzene rings is 1. The summed E-state index contributed by atoms with van der Waals surface area (Å²) in [4.78, 5) is 14.1. The Bertz CT molecular complexity index is 434. The number of hydrogen-bond acceptors (Lipinski definition) is 1. The minimum absolute atomic E-state index is 0.0819. The Morgan fingerprint density at radius 1 is 1.17 bits per heavy atom. The minimum atomic E-state index is -0.0819. The Balaban J connectivity index is 2.34. The third-order valence-corrected chi connectivity index (χ3v) is 3.52. The van der Waals surface area contributed by atoms with Crippen molar-refractivity contribution in [1.82, 2.24) is 4.90 Å². The van der Waals surface area contributed by atoms with Crippen LogP contribution in [-0.2, 0) is 4.79 Å². The minimum Gasteiger partial charge on any atom is -0.348 e. The first kappa shape index (κ1) is 12.9. The molecule has 0 bridgehead atoms. The van der Waals surface area contributed by atoms with Crippen molar-refractivity contribution in [2.24, 2.45) is 0 Å². The molecule has 18 heavy (non-hydrogen) atoms. The van der Waals surface area contributed by atoms with Crippen molar-refractivity contribution in [3.05, 3.63) is 47.5 Å². The van der Waals surface area contributed by atoms with E-state index < -0.39 is 0 Å². The van der Waals surface area contributed by atoms with Crippen molar-refractivity contribution in [2.75, 3.05) is 14.1 Å². The number of nitrogens with zero attached hydrogens (tertiary/aromatic N) is 1. The maximum Gasteiger partial charge on any atom is 0.233 e. The summed E-state index contributed by atoms with van der Waals surface area (Å²) in [5, 5.41) is 0. The lowest BCUT2D eigenvalue weighted by Gasteiger charge is -2.25. The fraction of sp³-hybridized carbons (Fsp3) is 0.438. The van der Waals surface area contributed by atoms with Gasteiger partial charge in [-0.05, 0) is 31.2 Å². The molecule has 1 aliphatic rings. The van der Waals surface area contributed by atoms with Crippen LogP contribution < -0.4 is 0 Å². The molecule has 0 N–H and O–H groups in total. The number of carbonyl (C=O) groups excluding carboxylic acids is 1. The van der Waals surface area contributed by atoms with Gasteiger partial charge in [-0.2, -0.15) is 0 Å². The Hall–Kier alpha value is -1.57. The summed E-state index contributed by atoms with van der Waals surface area (Å²) in [6.45, 7) is 0. The first-order valence-corrected chi connectivity index (χ1v) is 6.65. The highest BCUT2D eigenvalue weighted by Crippen LogP contribution is 2.32. The maximum absolute atomic E-state index is 12.4. The van der Waals surface area contributed by atoms with E-state index in [1.807, 2.05) is 32.3 Å². The van der Waals surface area contributed by atoms with E-state index >= 15 is 0 Å². The van der Waals surface area contributed by atoms with Gasteiger partial charge in [0.25, 0.3) is 0 Å². The van der Waals surface area contributed by atoms with Gasteiger partial charge in [-0.25, -0.2) is 0 Å². The molecular formula is C16H21NO. The van der Waals surface area contributed by atoms with Crippen LogP contribution in [0.5, 0.6) is 0 Å². The van der Waals surface area contributed by atoms with E-state index in [2.05, 4.69) is 18.2 Å².